The predicted molar refractivity (Wildman–Crippen MR) is 73.6 cm³/mol. The summed E-state index contributed by atoms with van der Waals surface area (Å²) in [7, 11) is 0.760. The monoisotopic (exact) mass is 246 g/mol. The zero-order chi connectivity index (χ0) is 12.4. The van der Waals surface area contributed by atoms with Crippen LogP contribution in [0.4, 0.5) is 0 Å². The largest absolute Gasteiger partial charge is 0.404 e. The molecule has 16 heavy (non-hydrogen) atoms. The van der Waals surface area contributed by atoms with Gasteiger partial charge in [0.05, 0.1) is 5.60 Å². The minimum Gasteiger partial charge on any atom is -0.404 e. The van der Waals surface area contributed by atoms with E-state index in [2.05, 4.69) is 27.7 Å². The molecule has 0 amide bonds. The summed E-state index contributed by atoms with van der Waals surface area (Å²) in [6.45, 7) is 8.85. The van der Waals surface area contributed by atoms with Gasteiger partial charge in [-0.2, -0.15) is 0 Å². The lowest BCUT2D eigenvalue weighted by Crippen LogP contribution is -2.34. The van der Waals surface area contributed by atoms with Gasteiger partial charge in [-0.25, -0.2) is 0 Å². The van der Waals surface area contributed by atoms with Crippen molar-refractivity contribution in [1.29, 1.82) is 0 Å². The van der Waals surface area contributed by atoms with Gasteiger partial charge in [-0.15, -0.1) is 0 Å². The third kappa shape index (κ3) is 6.66. The zero-order valence-electron chi connectivity index (χ0n) is 11.8. The molecule has 1 atom stereocenters. The van der Waals surface area contributed by atoms with Crippen LogP contribution in [0.3, 0.4) is 0 Å². The zero-order valence-corrected chi connectivity index (χ0v) is 13.8. The molecule has 1 unspecified atom stereocenters. The fraction of sp³-hybridized carbons (Fsp3) is 1.00. The lowest BCUT2D eigenvalue weighted by molar-refractivity contribution is -0.171. The van der Waals surface area contributed by atoms with Crippen molar-refractivity contribution in [2.45, 2.75) is 84.5 Å². The van der Waals surface area contributed by atoms with Crippen LogP contribution in [0, 0.1) is 0 Å². The van der Waals surface area contributed by atoms with Crippen molar-refractivity contribution < 1.29 is 9.16 Å². The highest BCUT2D eigenvalue weighted by atomic mass is 28.2. The van der Waals surface area contributed by atoms with Crippen LogP contribution in [0.2, 0.25) is 0 Å². The summed E-state index contributed by atoms with van der Waals surface area (Å²) in [6.07, 6.45) is 8.26. The fourth-order valence-electron chi connectivity index (χ4n) is 1.96. The van der Waals surface area contributed by atoms with Gasteiger partial charge in [0.25, 0.3) is 0 Å². The van der Waals surface area contributed by atoms with E-state index in [1.807, 2.05) is 0 Å². The van der Waals surface area contributed by atoms with E-state index in [4.69, 9.17) is 9.16 Å². The molecule has 0 aliphatic rings. The number of ether oxygens (including phenoxy) is 1. The van der Waals surface area contributed by atoms with Crippen LogP contribution in [0.25, 0.3) is 0 Å². The summed E-state index contributed by atoms with van der Waals surface area (Å²) < 4.78 is 11.6. The highest BCUT2D eigenvalue weighted by Crippen LogP contribution is 2.27. The average molecular weight is 246 g/mol. The van der Waals surface area contributed by atoms with Crippen LogP contribution in [0.5, 0.6) is 0 Å². The van der Waals surface area contributed by atoms with Gasteiger partial charge in [-0.05, 0) is 26.2 Å². The van der Waals surface area contributed by atoms with Crippen LogP contribution < -0.4 is 0 Å². The first-order valence-electron chi connectivity index (χ1n) is 6.82. The second kappa shape index (κ2) is 9.20. The molecule has 0 N–H and O–H groups in total. The third-order valence-corrected chi connectivity index (χ3v) is 3.66. The minimum atomic E-state index is 0.0189. The number of hydrogen-bond donors (Lipinski definition) is 0. The van der Waals surface area contributed by atoms with E-state index in [9.17, 15) is 0 Å². The third-order valence-electron chi connectivity index (χ3n) is 3.13. The molecule has 3 heteroatoms. The molecule has 0 aromatic rings. The van der Waals surface area contributed by atoms with Crippen LogP contribution in [-0.4, -0.2) is 22.4 Å². The molecule has 0 aromatic heterocycles. The quantitative estimate of drug-likeness (QED) is 0.435. The predicted octanol–water partition coefficient (Wildman–Crippen LogP) is 3.18. The van der Waals surface area contributed by atoms with Gasteiger partial charge in [-0.3, -0.25) is 0 Å². The van der Waals surface area contributed by atoms with Gasteiger partial charge in [0.2, 0.25) is 0 Å². The summed E-state index contributed by atoms with van der Waals surface area (Å²) in [5, 5.41) is 0. The van der Waals surface area contributed by atoms with Crippen molar-refractivity contribution in [3.05, 3.63) is 0 Å². The smallest absolute Gasteiger partial charge is 0.149 e. The summed E-state index contributed by atoms with van der Waals surface area (Å²) in [4.78, 5) is 0. The first-order chi connectivity index (χ1) is 7.61. The van der Waals surface area contributed by atoms with Crippen molar-refractivity contribution in [3.63, 3.8) is 0 Å². The molecule has 0 aliphatic heterocycles. The summed E-state index contributed by atoms with van der Waals surface area (Å²) >= 11 is 0. The Morgan fingerprint density at radius 3 is 1.88 bits per heavy atom. The molecular weight excluding hydrogens is 216 g/mol. The Morgan fingerprint density at radius 2 is 1.56 bits per heavy atom. The molecular formula is C13H30O2Si. The maximum atomic E-state index is 6.15. The van der Waals surface area contributed by atoms with E-state index in [0.717, 1.165) is 29.7 Å². The van der Waals surface area contributed by atoms with E-state index in [1.54, 1.807) is 0 Å². The molecule has 0 aromatic carbocycles. The topological polar surface area (TPSA) is 18.5 Å². The van der Waals surface area contributed by atoms with Crippen LogP contribution in [0.15, 0.2) is 0 Å². The molecule has 0 radical (unpaired) electrons. The van der Waals surface area contributed by atoms with Crippen molar-refractivity contribution in [2.24, 2.45) is 0 Å². The number of hydrogen-bond acceptors (Lipinski definition) is 2. The van der Waals surface area contributed by atoms with Gasteiger partial charge in [0, 0.05) is 0 Å². The van der Waals surface area contributed by atoms with Gasteiger partial charge < -0.3 is 9.16 Å². The Bertz CT molecular complexity index is 150. The maximum absolute atomic E-state index is 6.15. The van der Waals surface area contributed by atoms with Gasteiger partial charge in [0.15, 0.2) is 0 Å². The molecule has 0 fully saturated rings. The highest BCUT2D eigenvalue weighted by Gasteiger charge is 2.26. The molecule has 0 aliphatic carbocycles. The van der Waals surface area contributed by atoms with Crippen molar-refractivity contribution in [1.82, 2.24) is 0 Å². The average Bonchev–Trinajstić information content (AvgIpc) is 2.31. The molecule has 2 nitrogen and oxygen atoms in total. The summed E-state index contributed by atoms with van der Waals surface area (Å²) in [5.74, 6) is 0. The Balaban J connectivity index is 4.25. The summed E-state index contributed by atoms with van der Waals surface area (Å²) in [6, 6.07) is 0. The van der Waals surface area contributed by atoms with Crippen molar-refractivity contribution in [3.8, 4) is 0 Å². The second-order valence-corrected chi connectivity index (χ2v) is 5.32. The standard InChI is InChI=1S/C13H30O2Si/c1-5-8-10-13(4,11-9-6-2)14-12(7-3)15-16/h12H,5-11H2,1-4,16H3. The second-order valence-electron chi connectivity index (χ2n) is 4.85. The lowest BCUT2D eigenvalue weighted by atomic mass is 9.92. The van der Waals surface area contributed by atoms with E-state index < -0.39 is 0 Å². The van der Waals surface area contributed by atoms with E-state index in [1.165, 1.54) is 25.7 Å². The Kier molecular flexibility index (Phi) is 9.28. The van der Waals surface area contributed by atoms with E-state index in [0.29, 0.717) is 0 Å². The van der Waals surface area contributed by atoms with Crippen LogP contribution in [0.1, 0.15) is 72.6 Å². The Morgan fingerprint density at radius 1 is 1.06 bits per heavy atom. The molecule has 0 heterocycles. The van der Waals surface area contributed by atoms with Crippen LogP contribution in [-0.2, 0) is 9.16 Å². The normalized spacial score (nSPS) is 14.2. The van der Waals surface area contributed by atoms with E-state index >= 15 is 0 Å². The highest BCUT2D eigenvalue weighted by molar-refractivity contribution is 5.98. The van der Waals surface area contributed by atoms with Crippen molar-refractivity contribution in [2.75, 3.05) is 0 Å². The SMILES string of the molecule is CCCCC(C)(CCCC)OC(CC)O[SiH3]. The first kappa shape index (κ1) is 16.1. The molecule has 0 saturated carbocycles. The van der Waals surface area contributed by atoms with Gasteiger partial charge in [-0.1, -0.05) is 46.5 Å². The molecule has 0 bridgehead atoms. The summed E-state index contributed by atoms with van der Waals surface area (Å²) in [5.41, 5.74) is 0.0249. The first-order valence-corrected chi connectivity index (χ1v) is 7.64. The minimum absolute atomic E-state index is 0.0189. The maximum Gasteiger partial charge on any atom is 0.149 e. The van der Waals surface area contributed by atoms with Crippen LogP contribution >= 0.6 is 0 Å². The Labute approximate surface area is 105 Å². The molecule has 0 saturated heterocycles. The number of unbranched alkanes of at least 4 members (excludes halogenated alkanes) is 2. The van der Waals surface area contributed by atoms with Gasteiger partial charge in [0.1, 0.15) is 16.8 Å². The molecule has 0 spiro atoms. The lowest BCUT2D eigenvalue weighted by Gasteiger charge is -2.33. The number of rotatable bonds is 10. The van der Waals surface area contributed by atoms with Gasteiger partial charge >= 0.3 is 0 Å². The van der Waals surface area contributed by atoms with Crippen molar-refractivity contribution >= 4 is 10.5 Å². The molecule has 0 rings (SSSR count). The Hall–Kier alpha value is 0.137. The fourth-order valence-corrected chi connectivity index (χ4v) is 2.39. The van der Waals surface area contributed by atoms with E-state index in [-0.39, 0.29) is 11.9 Å². The molecule has 98 valence electrons.